The van der Waals surface area contributed by atoms with Crippen molar-refractivity contribution in [2.75, 3.05) is 13.7 Å². The predicted octanol–water partition coefficient (Wildman–Crippen LogP) is 4.45. The molecule has 0 radical (unpaired) electrons. The van der Waals surface area contributed by atoms with Gasteiger partial charge in [0, 0.05) is 23.5 Å². The van der Waals surface area contributed by atoms with E-state index in [1.807, 2.05) is 72.5 Å². The quantitative estimate of drug-likeness (QED) is 0.664. The molecule has 4 rings (SSSR count). The molecule has 0 bridgehead atoms. The standard InChI is InChI=1S/C24H24N2O3S/c1-16(17-8-10-20(29-2)11-9-17)25-23(27)22-14-19-15-26(13-12-21(19)30-22)24(28)18-6-4-3-5-7-18/h3-11,14,16H,12-13,15H2,1-2H3,(H,25,27). The van der Waals surface area contributed by atoms with Gasteiger partial charge in [0.2, 0.25) is 0 Å². The number of amides is 2. The molecule has 0 saturated carbocycles. The lowest BCUT2D eigenvalue weighted by Gasteiger charge is -2.27. The lowest BCUT2D eigenvalue weighted by molar-refractivity contribution is 0.0736. The Hall–Kier alpha value is -3.12. The molecule has 3 aromatic rings. The first-order valence-electron chi connectivity index (χ1n) is 9.96. The number of nitrogens with one attached hydrogen (secondary N) is 1. The number of ether oxygens (including phenoxy) is 1. The van der Waals surface area contributed by atoms with Gasteiger partial charge < -0.3 is 15.0 Å². The SMILES string of the molecule is COc1ccc(C(C)NC(=O)c2cc3c(s2)CCN(C(=O)c2ccccc2)C3)cc1. The molecule has 0 aliphatic carbocycles. The van der Waals surface area contributed by atoms with E-state index in [2.05, 4.69) is 5.32 Å². The Labute approximate surface area is 180 Å². The summed E-state index contributed by atoms with van der Waals surface area (Å²) >= 11 is 1.53. The van der Waals surface area contributed by atoms with Crippen molar-refractivity contribution in [3.8, 4) is 5.75 Å². The van der Waals surface area contributed by atoms with Crippen LogP contribution in [0.25, 0.3) is 0 Å². The van der Waals surface area contributed by atoms with Gasteiger partial charge in [-0.15, -0.1) is 11.3 Å². The van der Waals surface area contributed by atoms with Crippen LogP contribution in [0.3, 0.4) is 0 Å². The predicted molar refractivity (Wildman–Crippen MR) is 118 cm³/mol. The molecule has 1 N–H and O–H groups in total. The van der Waals surface area contributed by atoms with E-state index < -0.39 is 0 Å². The Morgan fingerprint density at radius 3 is 2.53 bits per heavy atom. The zero-order chi connectivity index (χ0) is 21.1. The van der Waals surface area contributed by atoms with Crippen LogP contribution < -0.4 is 10.1 Å². The van der Waals surface area contributed by atoms with Gasteiger partial charge in [0.1, 0.15) is 5.75 Å². The first-order valence-corrected chi connectivity index (χ1v) is 10.8. The summed E-state index contributed by atoms with van der Waals surface area (Å²) in [5.41, 5.74) is 2.78. The number of carbonyl (C=O) groups is 2. The van der Waals surface area contributed by atoms with Crippen LogP contribution in [-0.4, -0.2) is 30.4 Å². The number of hydrogen-bond donors (Lipinski definition) is 1. The topological polar surface area (TPSA) is 58.6 Å². The molecule has 0 spiro atoms. The maximum atomic E-state index is 12.8. The van der Waals surface area contributed by atoms with Gasteiger partial charge in [-0.25, -0.2) is 0 Å². The number of hydrogen-bond acceptors (Lipinski definition) is 4. The number of fused-ring (bicyclic) bond motifs is 1. The van der Waals surface area contributed by atoms with Gasteiger partial charge in [-0.05, 0) is 54.8 Å². The molecular weight excluding hydrogens is 396 g/mol. The Bertz CT molecular complexity index is 1040. The minimum Gasteiger partial charge on any atom is -0.497 e. The second-order valence-corrected chi connectivity index (χ2v) is 8.51. The molecule has 2 amide bonds. The van der Waals surface area contributed by atoms with Crippen LogP contribution in [-0.2, 0) is 13.0 Å². The van der Waals surface area contributed by atoms with Gasteiger partial charge in [-0.2, -0.15) is 0 Å². The van der Waals surface area contributed by atoms with Gasteiger partial charge in [0.05, 0.1) is 18.0 Å². The van der Waals surface area contributed by atoms with Gasteiger partial charge >= 0.3 is 0 Å². The van der Waals surface area contributed by atoms with Gasteiger partial charge in [0.15, 0.2) is 0 Å². The first kappa shape index (κ1) is 20.2. The number of nitrogens with zero attached hydrogens (tertiary/aromatic N) is 1. The van der Waals surface area contributed by atoms with Crippen LogP contribution in [0.15, 0.2) is 60.7 Å². The Kier molecular flexibility index (Phi) is 5.86. The van der Waals surface area contributed by atoms with E-state index in [9.17, 15) is 9.59 Å². The molecule has 6 heteroatoms. The van der Waals surface area contributed by atoms with Crippen molar-refractivity contribution in [2.24, 2.45) is 0 Å². The molecule has 1 unspecified atom stereocenters. The van der Waals surface area contributed by atoms with Crippen molar-refractivity contribution >= 4 is 23.2 Å². The number of carbonyl (C=O) groups excluding carboxylic acids is 2. The molecule has 2 heterocycles. The Morgan fingerprint density at radius 2 is 1.83 bits per heavy atom. The molecule has 30 heavy (non-hydrogen) atoms. The van der Waals surface area contributed by atoms with Gasteiger partial charge in [-0.1, -0.05) is 30.3 Å². The van der Waals surface area contributed by atoms with Crippen LogP contribution in [0, 0.1) is 0 Å². The molecule has 1 aliphatic heterocycles. The minimum absolute atomic E-state index is 0.0339. The normalized spacial score (nSPS) is 14.0. The zero-order valence-corrected chi connectivity index (χ0v) is 17.9. The summed E-state index contributed by atoms with van der Waals surface area (Å²) in [6, 6.07) is 18.8. The summed E-state index contributed by atoms with van der Waals surface area (Å²) in [7, 11) is 1.63. The summed E-state index contributed by atoms with van der Waals surface area (Å²) in [4.78, 5) is 29.3. The van der Waals surface area contributed by atoms with Crippen LogP contribution in [0.4, 0.5) is 0 Å². The van der Waals surface area contributed by atoms with E-state index in [0.717, 1.165) is 23.3 Å². The number of methoxy groups -OCH3 is 1. The summed E-state index contributed by atoms with van der Waals surface area (Å²) < 4.78 is 5.19. The highest BCUT2D eigenvalue weighted by Crippen LogP contribution is 2.29. The fourth-order valence-electron chi connectivity index (χ4n) is 3.63. The van der Waals surface area contributed by atoms with Gasteiger partial charge in [0.25, 0.3) is 11.8 Å². The third-order valence-corrected chi connectivity index (χ3v) is 6.60. The maximum absolute atomic E-state index is 12.8. The second kappa shape index (κ2) is 8.71. The van der Waals surface area contributed by atoms with E-state index in [0.29, 0.717) is 23.5 Å². The summed E-state index contributed by atoms with van der Waals surface area (Å²) in [6.07, 6.45) is 0.778. The summed E-state index contributed by atoms with van der Waals surface area (Å²) in [5.74, 6) is 0.739. The average molecular weight is 421 g/mol. The third-order valence-electron chi connectivity index (χ3n) is 5.36. The molecule has 1 aliphatic rings. The molecule has 154 valence electrons. The minimum atomic E-state index is -0.112. The molecule has 0 saturated heterocycles. The van der Waals surface area contributed by atoms with Crippen LogP contribution in [0.1, 0.15) is 49.0 Å². The lowest BCUT2D eigenvalue weighted by Crippen LogP contribution is -2.35. The van der Waals surface area contributed by atoms with Crippen LogP contribution in [0.5, 0.6) is 5.75 Å². The number of rotatable bonds is 5. The second-order valence-electron chi connectivity index (χ2n) is 7.37. The van der Waals surface area contributed by atoms with Crippen molar-refractivity contribution < 1.29 is 14.3 Å². The van der Waals surface area contributed by atoms with E-state index in [-0.39, 0.29) is 17.9 Å². The number of benzene rings is 2. The Balaban J connectivity index is 1.43. The molecular formula is C24H24N2O3S. The molecule has 1 aromatic heterocycles. The zero-order valence-electron chi connectivity index (χ0n) is 17.1. The van der Waals surface area contributed by atoms with Crippen molar-refractivity contribution in [2.45, 2.75) is 25.9 Å². The fourth-order valence-corrected chi connectivity index (χ4v) is 4.69. The molecule has 2 aromatic carbocycles. The molecule has 0 fully saturated rings. The van der Waals surface area contributed by atoms with E-state index in [4.69, 9.17) is 4.74 Å². The molecule has 1 atom stereocenters. The average Bonchev–Trinajstić information content (AvgIpc) is 3.23. The highest BCUT2D eigenvalue weighted by Gasteiger charge is 2.25. The monoisotopic (exact) mass is 420 g/mol. The van der Waals surface area contributed by atoms with Crippen molar-refractivity contribution in [3.05, 3.63) is 87.1 Å². The van der Waals surface area contributed by atoms with Crippen molar-refractivity contribution in [1.29, 1.82) is 0 Å². The van der Waals surface area contributed by atoms with Crippen molar-refractivity contribution in [1.82, 2.24) is 10.2 Å². The van der Waals surface area contributed by atoms with Crippen LogP contribution in [0.2, 0.25) is 0 Å². The van der Waals surface area contributed by atoms with Crippen LogP contribution >= 0.6 is 11.3 Å². The highest BCUT2D eigenvalue weighted by atomic mass is 32.1. The third kappa shape index (κ3) is 4.24. The Morgan fingerprint density at radius 1 is 1.10 bits per heavy atom. The van der Waals surface area contributed by atoms with E-state index >= 15 is 0 Å². The highest BCUT2D eigenvalue weighted by molar-refractivity contribution is 7.14. The summed E-state index contributed by atoms with van der Waals surface area (Å²) in [6.45, 7) is 3.18. The fraction of sp³-hybridized carbons (Fsp3) is 0.250. The first-order chi connectivity index (χ1) is 14.5. The van der Waals surface area contributed by atoms with Crippen molar-refractivity contribution in [3.63, 3.8) is 0 Å². The van der Waals surface area contributed by atoms with Gasteiger partial charge in [-0.3, -0.25) is 9.59 Å². The molecule has 5 nitrogen and oxygen atoms in total. The number of thiophene rings is 1. The van der Waals surface area contributed by atoms with E-state index in [1.165, 1.54) is 16.2 Å². The largest absolute Gasteiger partial charge is 0.497 e. The lowest BCUT2D eigenvalue weighted by atomic mass is 10.1. The maximum Gasteiger partial charge on any atom is 0.261 e. The van der Waals surface area contributed by atoms with E-state index in [1.54, 1.807) is 7.11 Å². The summed E-state index contributed by atoms with van der Waals surface area (Å²) in [5, 5.41) is 3.07. The smallest absolute Gasteiger partial charge is 0.261 e.